The summed E-state index contributed by atoms with van der Waals surface area (Å²) in [6.45, 7) is 13.3. The maximum atomic E-state index is 13.5. The van der Waals surface area contributed by atoms with Gasteiger partial charge in [-0.3, -0.25) is 9.59 Å². The molecule has 3 aliphatic rings. The minimum absolute atomic E-state index is 0.0422. The molecule has 0 aromatic carbocycles. The van der Waals surface area contributed by atoms with E-state index in [2.05, 4.69) is 20.4 Å². The zero-order valence-corrected chi connectivity index (χ0v) is 19.2. The molecule has 1 saturated heterocycles. The highest BCUT2D eigenvalue weighted by molar-refractivity contribution is 7.90. The molecule has 0 N–H and O–H groups in total. The molecule has 0 radical (unpaired) electrons. The van der Waals surface area contributed by atoms with Gasteiger partial charge in [0, 0.05) is 11.3 Å². The molecular weight excluding hydrogens is 390 g/mol. The number of carbonyl (C=O) groups excluding carboxylic acids is 2. The van der Waals surface area contributed by atoms with E-state index >= 15 is 0 Å². The molecule has 2 bridgehead atoms. The van der Waals surface area contributed by atoms with E-state index in [4.69, 9.17) is 4.74 Å². The number of nitrogens with zero attached hydrogens (tertiary/aromatic N) is 1. The summed E-state index contributed by atoms with van der Waals surface area (Å²) in [5.74, 6) is -1.14. The quantitative estimate of drug-likeness (QED) is 0.479. The van der Waals surface area contributed by atoms with Crippen molar-refractivity contribution in [2.45, 2.75) is 84.8 Å². The van der Waals surface area contributed by atoms with Crippen LogP contribution in [0.25, 0.3) is 0 Å². The Morgan fingerprint density at radius 2 is 1.97 bits per heavy atom. The van der Waals surface area contributed by atoms with Gasteiger partial charge in [0.25, 0.3) is 0 Å². The number of ether oxygens (including phenoxy) is 1. The van der Waals surface area contributed by atoms with Crippen LogP contribution < -0.4 is 0 Å². The summed E-state index contributed by atoms with van der Waals surface area (Å²) >= 11 is 0. The summed E-state index contributed by atoms with van der Waals surface area (Å²) < 4.78 is 32.9. The Labute approximate surface area is 175 Å². The molecule has 1 spiro atoms. The van der Waals surface area contributed by atoms with Gasteiger partial charge in [0.2, 0.25) is 15.9 Å². The van der Waals surface area contributed by atoms with Crippen LogP contribution in [0.4, 0.5) is 0 Å². The molecule has 3 fully saturated rings. The molecule has 0 aromatic rings. The van der Waals surface area contributed by atoms with Crippen LogP contribution >= 0.6 is 0 Å². The van der Waals surface area contributed by atoms with Gasteiger partial charge in [-0.1, -0.05) is 19.9 Å². The fourth-order valence-corrected chi connectivity index (χ4v) is 8.57. The second-order valence-corrected chi connectivity index (χ2v) is 12.5. The molecule has 0 unspecified atom stereocenters. The summed E-state index contributed by atoms with van der Waals surface area (Å²) in [6, 6.07) is -0.279. The number of carbonyl (C=O) groups is 2. The van der Waals surface area contributed by atoms with Crippen LogP contribution in [-0.4, -0.2) is 42.0 Å². The second kappa shape index (κ2) is 7.10. The van der Waals surface area contributed by atoms with Gasteiger partial charge in [0.05, 0.1) is 18.2 Å². The van der Waals surface area contributed by atoms with Crippen molar-refractivity contribution in [3.8, 4) is 0 Å². The summed E-state index contributed by atoms with van der Waals surface area (Å²) in [5, 5.41) is 0. The van der Waals surface area contributed by atoms with Gasteiger partial charge in [0.1, 0.15) is 5.60 Å². The van der Waals surface area contributed by atoms with Gasteiger partial charge in [0.15, 0.2) is 0 Å². The first-order valence-corrected chi connectivity index (χ1v) is 12.2. The van der Waals surface area contributed by atoms with Crippen LogP contribution in [0.2, 0.25) is 0 Å². The Bertz CT molecular complexity index is 810. The highest BCUT2D eigenvalue weighted by Gasteiger charge is 2.72. The molecule has 0 aromatic heterocycles. The van der Waals surface area contributed by atoms with Gasteiger partial charge < -0.3 is 4.74 Å². The van der Waals surface area contributed by atoms with Crippen molar-refractivity contribution in [3.05, 3.63) is 12.7 Å². The highest BCUT2D eigenvalue weighted by atomic mass is 32.2. The Hall–Kier alpha value is -1.37. The lowest BCUT2D eigenvalue weighted by Gasteiger charge is -2.37. The number of fused-ring (bicyclic) bond motifs is 1. The number of allylic oxidation sites excluding steroid dienone is 1. The molecular formula is C22H35NO5S. The van der Waals surface area contributed by atoms with Crippen LogP contribution in [0, 0.1) is 22.7 Å². The first kappa shape index (κ1) is 22.3. The topological polar surface area (TPSA) is 80.8 Å². The van der Waals surface area contributed by atoms with E-state index in [-0.39, 0.29) is 29.0 Å². The number of hydrogen-bond acceptors (Lipinski definition) is 5. The number of hydrogen-bond donors (Lipinski definition) is 0. The third-order valence-corrected chi connectivity index (χ3v) is 9.44. The maximum Gasteiger partial charge on any atom is 0.307 e. The Balaban J connectivity index is 1.87. The fraction of sp³-hybridized carbons (Fsp3) is 0.818. The van der Waals surface area contributed by atoms with Crippen molar-refractivity contribution in [2.24, 2.45) is 22.7 Å². The van der Waals surface area contributed by atoms with Crippen molar-refractivity contribution in [3.63, 3.8) is 0 Å². The van der Waals surface area contributed by atoms with Gasteiger partial charge in [-0.15, -0.1) is 6.58 Å². The second-order valence-electron chi connectivity index (χ2n) is 10.6. The third-order valence-electron chi connectivity index (χ3n) is 7.53. The highest BCUT2D eigenvalue weighted by Crippen LogP contribution is 2.70. The molecule has 2 saturated carbocycles. The molecule has 7 heteroatoms. The summed E-state index contributed by atoms with van der Waals surface area (Å²) in [6.07, 6.45) is 5.12. The van der Waals surface area contributed by atoms with Gasteiger partial charge in [-0.2, -0.15) is 0 Å². The van der Waals surface area contributed by atoms with Crippen molar-refractivity contribution >= 4 is 21.9 Å². The summed E-state index contributed by atoms with van der Waals surface area (Å²) in [7, 11) is -3.70. The van der Waals surface area contributed by atoms with E-state index in [1.54, 1.807) is 26.8 Å². The largest absolute Gasteiger partial charge is 0.460 e. The Morgan fingerprint density at radius 1 is 1.31 bits per heavy atom. The van der Waals surface area contributed by atoms with E-state index in [1.807, 2.05) is 0 Å². The van der Waals surface area contributed by atoms with Crippen LogP contribution in [0.15, 0.2) is 12.7 Å². The molecule has 1 aliphatic heterocycles. The SMILES string of the molecule is C=CCC[C@@H](CC(=O)OC(C)(C)C)C(=O)N1[C@@H]2C[C@H]3CC[C@]2(CS1(=O)=O)C3(C)C. The fourth-order valence-electron chi connectivity index (χ4n) is 5.98. The van der Waals surface area contributed by atoms with E-state index in [9.17, 15) is 18.0 Å². The predicted molar refractivity (Wildman–Crippen MR) is 111 cm³/mol. The lowest BCUT2D eigenvalue weighted by Crippen LogP contribution is -2.46. The van der Waals surface area contributed by atoms with Crippen LogP contribution in [0.3, 0.4) is 0 Å². The average molecular weight is 426 g/mol. The third kappa shape index (κ3) is 3.64. The van der Waals surface area contributed by atoms with Crippen molar-refractivity contribution in [2.75, 3.05) is 5.75 Å². The zero-order chi connectivity index (χ0) is 21.8. The molecule has 1 heterocycles. The number of amides is 1. The standard InChI is InChI=1S/C22H35NO5S/c1-7-8-9-15(12-18(24)28-20(2,3)4)19(25)23-17-13-16-10-11-22(17,21(16,5)6)14-29(23,26)27/h7,15-17H,1,8-14H2,2-6H3/t15-,16+,17+,22+/m0/s1. The Kier molecular flexibility index (Phi) is 5.47. The molecule has 3 rings (SSSR count). The molecule has 2 aliphatic carbocycles. The Morgan fingerprint density at radius 3 is 2.52 bits per heavy atom. The minimum atomic E-state index is -3.70. The molecule has 4 atom stereocenters. The van der Waals surface area contributed by atoms with Gasteiger partial charge >= 0.3 is 5.97 Å². The van der Waals surface area contributed by atoms with E-state index in [1.165, 1.54) is 4.31 Å². The first-order chi connectivity index (χ1) is 13.2. The van der Waals surface area contributed by atoms with E-state index in [0.717, 1.165) is 19.3 Å². The molecule has 1 amide bonds. The van der Waals surface area contributed by atoms with Crippen molar-refractivity contribution in [1.29, 1.82) is 0 Å². The van der Waals surface area contributed by atoms with E-state index < -0.39 is 33.4 Å². The average Bonchev–Trinajstić information content (AvgIpc) is 3.03. The normalized spacial score (nSPS) is 32.7. The number of rotatable bonds is 6. The van der Waals surface area contributed by atoms with Crippen LogP contribution in [0.1, 0.15) is 73.1 Å². The lowest BCUT2D eigenvalue weighted by molar-refractivity contribution is -0.158. The van der Waals surface area contributed by atoms with Crippen molar-refractivity contribution in [1.82, 2.24) is 4.31 Å². The van der Waals surface area contributed by atoms with E-state index in [0.29, 0.717) is 18.8 Å². The molecule has 164 valence electrons. The van der Waals surface area contributed by atoms with Crippen LogP contribution in [0.5, 0.6) is 0 Å². The number of sulfonamides is 1. The first-order valence-electron chi connectivity index (χ1n) is 10.6. The summed E-state index contributed by atoms with van der Waals surface area (Å²) in [4.78, 5) is 25.9. The van der Waals surface area contributed by atoms with Crippen LogP contribution in [-0.2, 0) is 24.3 Å². The minimum Gasteiger partial charge on any atom is -0.460 e. The van der Waals surface area contributed by atoms with Crippen molar-refractivity contribution < 1.29 is 22.7 Å². The van der Waals surface area contributed by atoms with Gasteiger partial charge in [-0.25, -0.2) is 12.7 Å². The summed E-state index contributed by atoms with van der Waals surface area (Å²) in [5.41, 5.74) is -1.11. The van der Waals surface area contributed by atoms with Gasteiger partial charge in [-0.05, 0) is 64.2 Å². The monoisotopic (exact) mass is 425 g/mol. The molecule has 6 nitrogen and oxygen atoms in total. The lowest BCUT2D eigenvalue weighted by atomic mass is 9.69. The molecule has 29 heavy (non-hydrogen) atoms. The smallest absolute Gasteiger partial charge is 0.307 e. The predicted octanol–water partition coefficient (Wildman–Crippen LogP) is 3.67. The number of esters is 1. The maximum absolute atomic E-state index is 13.5. The zero-order valence-electron chi connectivity index (χ0n) is 18.4.